The highest BCUT2D eigenvalue weighted by Gasteiger charge is 2.26. The average molecular weight is 411 g/mol. The third-order valence-corrected chi connectivity index (χ3v) is 2.19. The van der Waals surface area contributed by atoms with Crippen LogP contribution in [0.25, 0.3) is 0 Å². The Balaban J connectivity index is 0. The summed E-state index contributed by atoms with van der Waals surface area (Å²) in [5, 5.41) is 5.82. The molecule has 0 heterocycles. The van der Waals surface area contributed by atoms with E-state index >= 15 is 0 Å². The van der Waals surface area contributed by atoms with Crippen molar-refractivity contribution in [1.82, 2.24) is 10.6 Å². The van der Waals surface area contributed by atoms with Gasteiger partial charge in [-0.15, -0.1) is 24.0 Å². The number of aliphatic imine (C=N–C) groups is 1. The quantitative estimate of drug-likeness (QED) is 0.266. The molecule has 0 aromatic carbocycles. The summed E-state index contributed by atoms with van der Waals surface area (Å²) in [4.78, 5) is 3.85. The molecule has 0 aromatic rings. The number of guanidine groups is 1. The normalized spacial score (nSPS) is 11.9. The number of alkyl halides is 3. The monoisotopic (exact) mass is 411 g/mol. The van der Waals surface area contributed by atoms with Crippen molar-refractivity contribution in [3.05, 3.63) is 0 Å². The minimum atomic E-state index is -4.16. The number of halogens is 4. The van der Waals surface area contributed by atoms with E-state index in [9.17, 15) is 13.2 Å². The molecule has 0 saturated heterocycles. The van der Waals surface area contributed by atoms with Crippen LogP contribution in [0.1, 0.15) is 33.1 Å². The van der Waals surface area contributed by atoms with Crippen molar-refractivity contribution in [1.29, 1.82) is 0 Å². The zero-order chi connectivity index (χ0) is 14.6. The summed E-state index contributed by atoms with van der Waals surface area (Å²) in [6, 6.07) is 0. The molecule has 0 amide bonds. The SMILES string of the molecule is CCCCOCCNC(=NCCC(F)(F)F)NCC.I. The van der Waals surface area contributed by atoms with Crippen LogP contribution in [0, 0.1) is 0 Å². The summed E-state index contributed by atoms with van der Waals surface area (Å²) in [5.74, 6) is 0.394. The fourth-order valence-corrected chi connectivity index (χ4v) is 1.23. The Hall–Kier alpha value is -0.250. The van der Waals surface area contributed by atoms with Gasteiger partial charge in [-0.05, 0) is 13.3 Å². The number of ether oxygens (including phenoxy) is 1. The summed E-state index contributed by atoms with van der Waals surface area (Å²) in [6.07, 6.45) is -2.98. The summed E-state index contributed by atoms with van der Waals surface area (Å²) >= 11 is 0. The van der Waals surface area contributed by atoms with Crippen LogP contribution in [-0.4, -0.2) is 45.0 Å². The largest absolute Gasteiger partial charge is 0.390 e. The molecule has 0 radical (unpaired) electrons. The third kappa shape index (κ3) is 15.8. The van der Waals surface area contributed by atoms with Gasteiger partial charge in [-0.1, -0.05) is 13.3 Å². The van der Waals surface area contributed by atoms with Crippen LogP contribution >= 0.6 is 24.0 Å². The van der Waals surface area contributed by atoms with Gasteiger partial charge in [-0.2, -0.15) is 13.2 Å². The first-order valence-electron chi connectivity index (χ1n) is 6.66. The molecule has 0 saturated carbocycles. The average Bonchev–Trinajstić information content (AvgIpc) is 2.32. The van der Waals surface area contributed by atoms with Gasteiger partial charge in [-0.25, -0.2) is 0 Å². The Labute approximate surface area is 136 Å². The Morgan fingerprint density at radius 2 is 1.85 bits per heavy atom. The Morgan fingerprint density at radius 1 is 1.15 bits per heavy atom. The lowest BCUT2D eigenvalue weighted by atomic mass is 10.4. The first-order chi connectivity index (χ1) is 8.99. The van der Waals surface area contributed by atoms with Gasteiger partial charge >= 0.3 is 6.18 Å². The van der Waals surface area contributed by atoms with Crippen molar-refractivity contribution in [2.75, 3.05) is 32.8 Å². The number of hydrogen-bond acceptors (Lipinski definition) is 2. The van der Waals surface area contributed by atoms with Crippen LogP contribution < -0.4 is 10.6 Å². The van der Waals surface area contributed by atoms with E-state index < -0.39 is 12.6 Å². The lowest BCUT2D eigenvalue weighted by Crippen LogP contribution is -2.39. The third-order valence-electron chi connectivity index (χ3n) is 2.19. The molecule has 2 N–H and O–H groups in total. The Bertz CT molecular complexity index is 251. The van der Waals surface area contributed by atoms with E-state index in [4.69, 9.17) is 4.74 Å². The van der Waals surface area contributed by atoms with Gasteiger partial charge in [0.25, 0.3) is 0 Å². The molecule has 0 aliphatic rings. The lowest BCUT2D eigenvalue weighted by molar-refractivity contribution is -0.132. The van der Waals surface area contributed by atoms with Crippen LogP contribution in [0.15, 0.2) is 4.99 Å². The molecule has 0 fully saturated rings. The molecule has 0 bridgehead atoms. The van der Waals surface area contributed by atoms with E-state index in [1.54, 1.807) is 0 Å². The van der Waals surface area contributed by atoms with E-state index in [1.165, 1.54) is 0 Å². The van der Waals surface area contributed by atoms with Gasteiger partial charge in [0.1, 0.15) is 0 Å². The molecule has 0 spiro atoms. The number of unbranched alkanes of at least 4 members (excludes halogenated alkanes) is 1. The second-order valence-electron chi connectivity index (χ2n) is 4.02. The number of nitrogens with zero attached hydrogens (tertiary/aromatic N) is 1. The maximum atomic E-state index is 12.0. The van der Waals surface area contributed by atoms with E-state index in [2.05, 4.69) is 22.5 Å². The second kappa shape index (κ2) is 13.7. The maximum absolute atomic E-state index is 12.0. The van der Waals surface area contributed by atoms with Gasteiger partial charge in [0.05, 0.1) is 19.6 Å². The molecule has 122 valence electrons. The van der Waals surface area contributed by atoms with Crippen molar-refractivity contribution in [2.24, 2.45) is 4.99 Å². The van der Waals surface area contributed by atoms with Gasteiger partial charge in [-0.3, -0.25) is 4.99 Å². The fraction of sp³-hybridized carbons (Fsp3) is 0.917. The zero-order valence-corrected chi connectivity index (χ0v) is 14.4. The molecule has 20 heavy (non-hydrogen) atoms. The van der Waals surface area contributed by atoms with E-state index in [-0.39, 0.29) is 30.5 Å². The molecule has 0 aliphatic carbocycles. The van der Waals surface area contributed by atoms with Gasteiger partial charge in [0, 0.05) is 19.7 Å². The molecule has 8 heteroatoms. The Kier molecular flexibility index (Phi) is 15.1. The van der Waals surface area contributed by atoms with E-state index in [0.29, 0.717) is 32.3 Å². The fourth-order valence-electron chi connectivity index (χ4n) is 1.23. The van der Waals surface area contributed by atoms with Crippen molar-refractivity contribution in [3.63, 3.8) is 0 Å². The molecule has 0 aliphatic heterocycles. The topological polar surface area (TPSA) is 45.6 Å². The molecule has 0 aromatic heterocycles. The van der Waals surface area contributed by atoms with Gasteiger partial charge < -0.3 is 15.4 Å². The standard InChI is InChI=1S/C12H24F3N3O.HI/c1-3-5-9-19-10-8-18-11(16-4-2)17-7-6-12(13,14)15;/h3-10H2,1-2H3,(H2,16,17,18);1H. The summed E-state index contributed by atoms with van der Waals surface area (Å²) in [7, 11) is 0. The summed E-state index contributed by atoms with van der Waals surface area (Å²) < 4.78 is 41.3. The predicted octanol–water partition coefficient (Wildman–Crippen LogP) is 2.93. The zero-order valence-electron chi connectivity index (χ0n) is 12.1. The minimum absolute atomic E-state index is 0. The molecule has 0 rings (SSSR count). The van der Waals surface area contributed by atoms with Crippen molar-refractivity contribution < 1.29 is 17.9 Å². The van der Waals surface area contributed by atoms with E-state index in [0.717, 1.165) is 12.8 Å². The van der Waals surface area contributed by atoms with Crippen molar-refractivity contribution in [2.45, 2.75) is 39.3 Å². The van der Waals surface area contributed by atoms with Crippen LogP contribution in [0.3, 0.4) is 0 Å². The highest BCUT2D eigenvalue weighted by molar-refractivity contribution is 14.0. The predicted molar refractivity (Wildman–Crippen MR) is 85.8 cm³/mol. The molecule has 0 unspecified atom stereocenters. The van der Waals surface area contributed by atoms with E-state index in [1.807, 2.05) is 6.92 Å². The number of hydrogen-bond donors (Lipinski definition) is 2. The van der Waals surface area contributed by atoms with Crippen LogP contribution in [0.4, 0.5) is 13.2 Å². The Morgan fingerprint density at radius 3 is 2.40 bits per heavy atom. The highest BCUT2D eigenvalue weighted by Crippen LogP contribution is 2.18. The summed E-state index contributed by atoms with van der Waals surface area (Å²) in [5.41, 5.74) is 0. The maximum Gasteiger partial charge on any atom is 0.390 e. The highest BCUT2D eigenvalue weighted by atomic mass is 127. The van der Waals surface area contributed by atoms with Crippen molar-refractivity contribution in [3.8, 4) is 0 Å². The van der Waals surface area contributed by atoms with Crippen LogP contribution in [-0.2, 0) is 4.74 Å². The van der Waals surface area contributed by atoms with Crippen molar-refractivity contribution >= 4 is 29.9 Å². The van der Waals surface area contributed by atoms with Gasteiger partial charge in [0.15, 0.2) is 5.96 Å². The number of nitrogens with one attached hydrogen (secondary N) is 2. The first kappa shape index (κ1) is 22.0. The van der Waals surface area contributed by atoms with Crippen LogP contribution in [0.2, 0.25) is 0 Å². The molecule has 4 nitrogen and oxygen atoms in total. The molecular formula is C12H25F3IN3O. The smallest absolute Gasteiger partial charge is 0.380 e. The molecular weight excluding hydrogens is 386 g/mol. The first-order valence-corrected chi connectivity index (χ1v) is 6.66. The molecule has 0 atom stereocenters. The van der Waals surface area contributed by atoms with Gasteiger partial charge in [0.2, 0.25) is 0 Å². The summed E-state index contributed by atoms with van der Waals surface area (Å²) in [6.45, 7) is 6.03. The lowest BCUT2D eigenvalue weighted by Gasteiger charge is -2.11. The second-order valence-corrected chi connectivity index (χ2v) is 4.02. The van der Waals surface area contributed by atoms with Crippen LogP contribution in [0.5, 0.6) is 0 Å². The minimum Gasteiger partial charge on any atom is -0.380 e. The number of rotatable bonds is 9.